The second kappa shape index (κ2) is 5.58. The van der Waals surface area contributed by atoms with Gasteiger partial charge in [-0.1, -0.05) is 16.8 Å². The predicted molar refractivity (Wildman–Crippen MR) is 87.7 cm³/mol. The van der Waals surface area contributed by atoms with E-state index in [2.05, 4.69) is 28.4 Å². The van der Waals surface area contributed by atoms with Crippen molar-refractivity contribution in [3.8, 4) is 0 Å². The molecule has 0 spiro atoms. The van der Waals surface area contributed by atoms with Crippen molar-refractivity contribution >= 4 is 34.5 Å². The second-order valence-corrected chi connectivity index (χ2v) is 6.48. The molecule has 0 fully saturated rings. The Morgan fingerprint density at radius 3 is 3.00 bits per heavy atom. The van der Waals surface area contributed by atoms with Crippen LogP contribution in [0.3, 0.4) is 0 Å². The molecule has 4 nitrogen and oxygen atoms in total. The van der Waals surface area contributed by atoms with Crippen LogP contribution >= 0.6 is 22.9 Å². The molecule has 0 amide bonds. The molecule has 0 bridgehead atoms. The van der Waals surface area contributed by atoms with Crippen LogP contribution in [-0.4, -0.2) is 17.6 Å². The molecule has 0 radical (unpaired) electrons. The van der Waals surface area contributed by atoms with Crippen LogP contribution in [0.15, 0.2) is 34.8 Å². The Morgan fingerprint density at radius 2 is 2.29 bits per heavy atom. The van der Waals surface area contributed by atoms with Gasteiger partial charge in [0, 0.05) is 17.0 Å². The van der Waals surface area contributed by atoms with Gasteiger partial charge in [-0.25, -0.2) is 0 Å². The van der Waals surface area contributed by atoms with Gasteiger partial charge in [-0.3, -0.25) is 0 Å². The second-order valence-electron chi connectivity index (χ2n) is 5.07. The van der Waals surface area contributed by atoms with Gasteiger partial charge in [0.2, 0.25) is 0 Å². The number of amidine groups is 1. The van der Waals surface area contributed by atoms with Crippen LogP contribution in [0, 0.1) is 0 Å². The van der Waals surface area contributed by atoms with Crippen LogP contribution in [-0.2, 0) is 6.42 Å². The fourth-order valence-corrected chi connectivity index (χ4v) is 4.05. The Morgan fingerprint density at radius 1 is 1.48 bits per heavy atom. The maximum absolute atomic E-state index is 8.74. The van der Waals surface area contributed by atoms with Crippen LogP contribution in [0.25, 0.3) is 0 Å². The molecule has 6 heteroatoms. The number of benzene rings is 1. The summed E-state index contributed by atoms with van der Waals surface area (Å²) in [7, 11) is 0. The molecule has 1 aliphatic heterocycles. The Bertz CT molecular complexity index is 698. The van der Waals surface area contributed by atoms with Gasteiger partial charge < -0.3 is 15.8 Å². The summed E-state index contributed by atoms with van der Waals surface area (Å²) in [4.78, 5) is 3.76. The van der Waals surface area contributed by atoms with Gasteiger partial charge in [-0.15, -0.1) is 11.3 Å². The van der Waals surface area contributed by atoms with Crippen molar-refractivity contribution < 1.29 is 5.21 Å². The van der Waals surface area contributed by atoms with Crippen molar-refractivity contribution in [3.63, 3.8) is 0 Å². The number of hydrogen-bond donors (Lipinski definition) is 2. The Labute approximate surface area is 132 Å². The summed E-state index contributed by atoms with van der Waals surface area (Å²) < 4.78 is 0. The van der Waals surface area contributed by atoms with Crippen LogP contribution in [0.2, 0.25) is 5.02 Å². The van der Waals surface area contributed by atoms with E-state index in [0.29, 0.717) is 16.6 Å². The highest BCUT2D eigenvalue weighted by atomic mass is 35.5. The lowest BCUT2D eigenvalue weighted by Crippen LogP contribution is -2.33. The van der Waals surface area contributed by atoms with E-state index in [1.807, 2.05) is 23.5 Å². The molecule has 1 atom stereocenters. The van der Waals surface area contributed by atoms with Gasteiger partial charge in [-0.2, -0.15) is 0 Å². The lowest BCUT2D eigenvalue weighted by Gasteiger charge is -2.36. The van der Waals surface area contributed by atoms with Crippen molar-refractivity contribution in [2.45, 2.75) is 19.4 Å². The summed E-state index contributed by atoms with van der Waals surface area (Å²) in [6.45, 7) is 3.13. The minimum atomic E-state index is 0.0651. The summed E-state index contributed by atoms with van der Waals surface area (Å²) in [5.74, 6) is 0.0651. The zero-order valence-corrected chi connectivity index (χ0v) is 13.2. The smallest absolute Gasteiger partial charge is 0.170 e. The number of thiophene rings is 1. The van der Waals surface area contributed by atoms with Crippen LogP contribution in [0.4, 0.5) is 5.69 Å². The molecule has 3 rings (SSSR count). The molecule has 0 saturated carbocycles. The van der Waals surface area contributed by atoms with Gasteiger partial charge >= 0.3 is 0 Å². The zero-order chi connectivity index (χ0) is 15.0. The lowest BCUT2D eigenvalue weighted by atomic mass is 10.0. The van der Waals surface area contributed by atoms with E-state index in [-0.39, 0.29) is 5.84 Å². The summed E-state index contributed by atoms with van der Waals surface area (Å²) in [6, 6.07) is 7.99. The SMILES string of the molecule is CC1c2ccsc2CCN1c1ccc(C(N)=NO)cc1Cl. The first-order chi connectivity index (χ1) is 10.1. The summed E-state index contributed by atoms with van der Waals surface area (Å²) in [6.07, 6.45) is 1.04. The monoisotopic (exact) mass is 321 g/mol. The molecule has 2 heterocycles. The minimum absolute atomic E-state index is 0.0651. The highest BCUT2D eigenvalue weighted by Crippen LogP contribution is 2.38. The third kappa shape index (κ3) is 2.47. The van der Waals surface area contributed by atoms with Gasteiger partial charge in [0.25, 0.3) is 0 Å². The average molecular weight is 322 g/mol. The van der Waals surface area contributed by atoms with Gasteiger partial charge in [0.05, 0.1) is 16.8 Å². The number of halogens is 1. The predicted octanol–water partition coefficient (Wildman–Crippen LogP) is 3.62. The van der Waals surface area contributed by atoms with Crippen LogP contribution in [0.5, 0.6) is 0 Å². The van der Waals surface area contributed by atoms with Gasteiger partial charge in [0.15, 0.2) is 5.84 Å². The van der Waals surface area contributed by atoms with E-state index in [1.54, 1.807) is 6.07 Å². The standard InChI is InChI=1S/C15H16ClN3OS/c1-9-11-5-7-21-14(11)4-6-19(9)13-3-2-10(8-12(13)16)15(17)18-20/h2-3,5,7-9,20H,4,6H2,1H3,(H2,17,18). The molecule has 3 N–H and O–H groups in total. The number of oxime groups is 1. The van der Waals surface area contributed by atoms with Crippen molar-refractivity contribution in [1.82, 2.24) is 0 Å². The Hall–Kier alpha value is -1.72. The number of nitrogens with zero attached hydrogens (tertiary/aromatic N) is 2. The Kier molecular flexibility index (Phi) is 3.78. The molecule has 2 aromatic rings. The summed E-state index contributed by atoms with van der Waals surface area (Å²) in [5, 5.41) is 14.5. The third-order valence-electron chi connectivity index (χ3n) is 3.94. The van der Waals surface area contributed by atoms with Gasteiger partial charge in [0.1, 0.15) is 0 Å². The quantitative estimate of drug-likeness (QED) is 0.384. The minimum Gasteiger partial charge on any atom is -0.409 e. The fraction of sp³-hybridized carbons (Fsp3) is 0.267. The molecule has 0 saturated heterocycles. The maximum atomic E-state index is 8.74. The van der Waals surface area contributed by atoms with E-state index in [9.17, 15) is 0 Å². The molecular formula is C15H16ClN3OS. The van der Waals surface area contributed by atoms with Crippen molar-refractivity contribution in [3.05, 3.63) is 50.7 Å². The number of hydrogen-bond acceptors (Lipinski definition) is 4. The topological polar surface area (TPSA) is 61.8 Å². The van der Waals surface area contributed by atoms with E-state index in [4.69, 9.17) is 22.5 Å². The van der Waals surface area contributed by atoms with E-state index >= 15 is 0 Å². The van der Waals surface area contributed by atoms with Crippen LogP contribution in [0.1, 0.15) is 29.0 Å². The van der Waals surface area contributed by atoms with E-state index < -0.39 is 0 Å². The molecule has 1 unspecified atom stereocenters. The van der Waals surface area contributed by atoms with Crippen molar-refractivity contribution in [1.29, 1.82) is 0 Å². The fourth-order valence-electron chi connectivity index (χ4n) is 2.80. The highest BCUT2D eigenvalue weighted by molar-refractivity contribution is 7.10. The van der Waals surface area contributed by atoms with Crippen LogP contribution < -0.4 is 10.6 Å². The third-order valence-corrected chi connectivity index (χ3v) is 5.24. The lowest BCUT2D eigenvalue weighted by molar-refractivity contribution is 0.318. The van der Waals surface area contributed by atoms with Gasteiger partial charge in [-0.05, 0) is 48.6 Å². The first-order valence-corrected chi connectivity index (χ1v) is 7.98. The van der Waals surface area contributed by atoms with E-state index in [1.165, 1.54) is 10.4 Å². The molecule has 1 aromatic carbocycles. The molecule has 1 aliphatic rings. The Balaban J connectivity index is 1.95. The molecular weight excluding hydrogens is 306 g/mol. The molecule has 21 heavy (non-hydrogen) atoms. The number of rotatable bonds is 2. The van der Waals surface area contributed by atoms with Crippen molar-refractivity contribution in [2.75, 3.05) is 11.4 Å². The normalized spacial score (nSPS) is 18.7. The zero-order valence-electron chi connectivity index (χ0n) is 11.6. The summed E-state index contributed by atoms with van der Waals surface area (Å²) in [5.41, 5.74) is 8.57. The number of anilines is 1. The first kappa shape index (κ1) is 14.2. The largest absolute Gasteiger partial charge is 0.409 e. The highest BCUT2D eigenvalue weighted by Gasteiger charge is 2.26. The number of fused-ring (bicyclic) bond motifs is 1. The summed E-state index contributed by atoms with van der Waals surface area (Å²) >= 11 is 8.22. The molecule has 1 aromatic heterocycles. The van der Waals surface area contributed by atoms with Crippen molar-refractivity contribution in [2.24, 2.45) is 10.9 Å². The average Bonchev–Trinajstić information content (AvgIpc) is 2.97. The number of nitrogens with two attached hydrogens (primary N) is 1. The molecule has 0 aliphatic carbocycles. The molecule has 110 valence electrons. The maximum Gasteiger partial charge on any atom is 0.170 e. The van der Waals surface area contributed by atoms with E-state index in [0.717, 1.165) is 18.7 Å². The first-order valence-electron chi connectivity index (χ1n) is 6.72.